The number of nitrogens with zero attached hydrogens (tertiary/aromatic N) is 2. The van der Waals surface area contributed by atoms with Crippen LogP contribution in [-0.4, -0.2) is 22.3 Å². The minimum Gasteiger partial charge on any atom is -0.507 e. The standard InChI is InChI=1S/C22H13F5N2O4/c23-21(24,25)13-5-3-7-28-14(13)10-29-15-6-2-1-4-11(15)19(20(29)31)12-8-17-18(9-16(12)30)33-22(26,27)32-17/h1-9,19,30H,10H2. The van der Waals surface area contributed by atoms with Gasteiger partial charge in [-0.1, -0.05) is 18.2 Å². The molecule has 6 nitrogen and oxygen atoms in total. The first-order chi connectivity index (χ1) is 15.5. The summed E-state index contributed by atoms with van der Waals surface area (Å²) in [6.45, 7) is -0.481. The molecule has 1 amide bonds. The number of phenols is 1. The average molecular weight is 464 g/mol. The van der Waals surface area contributed by atoms with Gasteiger partial charge in [-0.15, -0.1) is 8.78 Å². The average Bonchev–Trinajstić information content (AvgIpc) is 3.19. The lowest BCUT2D eigenvalue weighted by atomic mass is 9.91. The van der Waals surface area contributed by atoms with E-state index in [0.717, 1.165) is 29.2 Å². The van der Waals surface area contributed by atoms with Crippen molar-refractivity contribution in [3.63, 3.8) is 0 Å². The fraction of sp³-hybridized carbons (Fsp3) is 0.182. The number of carbonyl (C=O) groups is 1. The second-order valence-corrected chi connectivity index (χ2v) is 7.44. The first-order valence-corrected chi connectivity index (χ1v) is 9.59. The number of pyridine rings is 1. The molecule has 2 aliphatic rings. The Morgan fingerprint density at radius 1 is 1.03 bits per heavy atom. The number of benzene rings is 2. The van der Waals surface area contributed by atoms with E-state index < -0.39 is 47.9 Å². The maximum absolute atomic E-state index is 13.4. The molecule has 1 atom stereocenters. The summed E-state index contributed by atoms with van der Waals surface area (Å²) >= 11 is 0. The van der Waals surface area contributed by atoms with Crippen molar-refractivity contribution in [2.75, 3.05) is 4.90 Å². The van der Waals surface area contributed by atoms with Gasteiger partial charge in [0.05, 0.1) is 23.7 Å². The van der Waals surface area contributed by atoms with E-state index in [1.165, 1.54) is 6.20 Å². The van der Waals surface area contributed by atoms with Crippen LogP contribution in [0.1, 0.15) is 28.3 Å². The predicted octanol–water partition coefficient (Wildman–Crippen LogP) is 4.81. The van der Waals surface area contributed by atoms with Gasteiger partial charge in [-0.05, 0) is 29.8 Å². The second kappa shape index (κ2) is 7.06. The van der Waals surface area contributed by atoms with Crippen LogP contribution >= 0.6 is 0 Å². The molecule has 170 valence electrons. The number of halogens is 5. The molecule has 0 saturated heterocycles. The van der Waals surface area contributed by atoms with Crippen LogP contribution in [0.3, 0.4) is 0 Å². The summed E-state index contributed by atoms with van der Waals surface area (Å²) in [4.78, 5) is 18.3. The van der Waals surface area contributed by atoms with E-state index in [1.54, 1.807) is 24.3 Å². The molecule has 1 N–H and O–H groups in total. The summed E-state index contributed by atoms with van der Waals surface area (Å²) in [5.74, 6) is -3.10. The normalized spacial score (nSPS) is 18.5. The summed E-state index contributed by atoms with van der Waals surface area (Å²) in [5, 5.41) is 10.5. The Morgan fingerprint density at radius 3 is 2.45 bits per heavy atom. The molecule has 33 heavy (non-hydrogen) atoms. The van der Waals surface area contributed by atoms with Gasteiger partial charge in [-0.2, -0.15) is 13.2 Å². The number of rotatable bonds is 3. The van der Waals surface area contributed by atoms with E-state index in [1.807, 2.05) is 0 Å². The van der Waals surface area contributed by atoms with E-state index in [9.17, 15) is 31.9 Å². The van der Waals surface area contributed by atoms with Crippen molar-refractivity contribution >= 4 is 11.6 Å². The van der Waals surface area contributed by atoms with Crippen molar-refractivity contribution in [2.45, 2.75) is 24.9 Å². The molecule has 0 spiro atoms. The Labute approximate surface area is 182 Å². The largest absolute Gasteiger partial charge is 0.586 e. The molecular weight excluding hydrogens is 451 g/mol. The Morgan fingerprint density at radius 2 is 1.73 bits per heavy atom. The number of anilines is 1. The Bertz CT molecular complexity index is 1280. The summed E-state index contributed by atoms with van der Waals surface area (Å²) in [7, 11) is 0. The van der Waals surface area contributed by atoms with Gasteiger partial charge in [0.25, 0.3) is 0 Å². The summed E-state index contributed by atoms with van der Waals surface area (Å²) in [6.07, 6.45) is -7.41. The predicted molar refractivity (Wildman–Crippen MR) is 103 cm³/mol. The third kappa shape index (κ3) is 3.49. The number of alkyl halides is 5. The number of ether oxygens (including phenoxy) is 2. The fourth-order valence-corrected chi connectivity index (χ4v) is 4.05. The number of phenolic OH excluding ortho intramolecular Hbond substituents is 1. The number of aromatic hydroxyl groups is 1. The zero-order chi connectivity index (χ0) is 23.5. The molecule has 0 aliphatic carbocycles. The number of hydrogen-bond acceptors (Lipinski definition) is 5. The second-order valence-electron chi connectivity index (χ2n) is 7.44. The van der Waals surface area contributed by atoms with Crippen LogP contribution in [0.2, 0.25) is 0 Å². The SMILES string of the molecule is O=C1C(c2cc3c(cc2O)OC(F)(F)O3)c2ccccc2N1Cc1ncccc1C(F)(F)F. The number of hydrogen-bond donors (Lipinski definition) is 1. The highest BCUT2D eigenvalue weighted by Gasteiger charge is 2.46. The zero-order valence-electron chi connectivity index (χ0n) is 16.4. The highest BCUT2D eigenvalue weighted by molar-refractivity contribution is 6.07. The topological polar surface area (TPSA) is 71.9 Å². The minimum atomic E-state index is -4.67. The van der Waals surface area contributed by atoms with E-state index in [-0.39, 0.29) is 17.0 Å². The number of carbonyl (C=O) groups excluding carboxylic acids is 1. The fourth-order valence-electron chi connectivity index (χ4n) is 4.05. The third-order valence-corrected chi connectivity index (χ3v) is 5.42. The van der Waals surface area contributed by atoms with Gasteiger partial charge in [0.2, 0.25) is 5.91 Å². The van der Waals surface area contributed by atoms with Crippen LogP contribution in [-0.2, 0) is 17.5 Å². The smallest absolute Gasteiger partial charge is 0.507 e. The van der Waals surface area contributed by atoms with E-state index in [0.29, 0.717) is 11.3 Å². The van der Waals surface area contributed by atoms with Gasteiger partial charge in [0.1, 0.15) is 5.75 Å². The lowest BCUT2D eigenvalue weighted by molar-refractivity contribution is -0.286. The number of fused-ring (bicyclic) bond motifs is 2. The maximum atomic E-state index is 13.4. The molecule has 0 saturated carbocycles. The van der Waals surface area contributed by atoms with Crippen LogP contribution in [0.5, 0.6) is 17.2 Å². The van der Waals surface area contributed by atoms with Crippen LogP contribution in [0.4, 0.5) is 27.6 Å². The summed E-state index contributed by atoms with van der Waals surface area (Å²) in [5.41, 5.74) is -0.691. The third-order valence-electron chi connectivity index (χ3n) is 5.42. The number of aromatic nitrogens is 1. The lowest BCUT2D eigenvalue weighted by Gasteiger charge is -2.20. The Kier molecular flexibility index (Phi) is 4.49. The summed E-state index contributed by atoms with van der Waals surface area (Å²) < 4.78 is 75.9. The van der Waals surface area contributed by atoms with Crippen molar-refractivity contribution in [3.8, 4) is 17.2 Å². The highest BCUT2D eigenvalue weighted by Crippen LogP contribution is 2.50. The zero-order valence-corrected chi connectivity index (χ0v) is 16.4. The van der Waals surface area contributed by atoms with Crippen molar-refractivity contribution < 1.29 is 41.3 Å². The van der Waals surface area contributed by atoms with Crippen molar-refractivity contribution in [2.24, 2.45) is 0 Å². The van der Waals surface area contributed by atoms with Crippen molar-refractivity contribution in [3.05, 3.63) is 77.1 Å². The van der Waals surface area contributed by atoms with Crippen molar-refractivity contribution in [1.82, 2.24) is 4.98 Å². The highest BCUT2D eigenvalue weighted by atomic mass is 19.4. The summed E-state index contributed by atoms with van der Waals surface area (Å²) in [6, 6.07) is 10.3. The number of para-hydroxylation sites is 1. The molecule has 1 unspecified atom stereocenters. The van der Waals surface area contributed by atoms with Crippen LogP contribution < -0.4 is 14.4 Å². The van der Waals surface area contributed by atoms with E-state index in [2.05, 4.69) is 14.5 Å². The van der Waals surface area contributed by atoms with Crippen LogP contribution in [0, 0.1) is 0 Å². The molecule has 1 aromatic heterocycles. The molecule has 11 heteroatoms. The molecular formula is C22H13F5N2O4. The maximum Gasteiger partial charge on any atom is 0.586 e. The molecule has 0 radical (unpaired) electrons. The van der Waals surface area contributed by atoms with Crippen LogP contribution in [0.15, 0.2) is 54.7 Å². The van der Waals surface area contributed by atoms with E-state index in [4.69, 9.17) is 0 Å². The monoisotopic (exact) mass is 464 g/mol. The van der Waals surface area contributed by atoms with Gasteiger partial charge >= 0.3 is 12.5 Å². The molecule has 2 aromatic carbocycles. The van der Waals surface area contributed by atoms with Gasteiger partial charge in [-0.25, -0.2) is 0 Å². The first-order valence-electron chi connectivity index (χ1n) is 9.59. The molecule has 3 heterocycles. The van der Waals surface area contributed by atoms with Crippen molar-refractivity contribution in [1.29, 1.82) is 0 Å². The number of amides is 1. The quantitative estimate of drug-likeness (QED) is 0.564. The minimum absolute atomic E-state index is 0.0490. The molecule has 5 rings (SSSR count). The Hall–Kier alpha value is -3.89. The molecule has 0 bridgehead atoms. The van der Waals surface area contributed by atoms with Gasteiger partial charge in [0, 0.05) is 23.5 Å². The Balaban J connectivity index is 1.57. The molecule has 2 aliphatic heterocycles. The van der Waals surface area contributed by atoms with Gasteiger partial charge in [0.15, 0.2) is 11.5 Å². The van der Waals surface area contributed by atoms with E-state index >= 15 is 0 Å². The van der Waals surface area contributed by atoms with Gasteiger partial charge in [-0.3, -0.25) is 9.78 Å². The first kappa shape index (κ1) is 21.0. The molecule has 0 fully saturated rings. The lowest BCUT2D eigenvalue weighted by Crippen LogP contribution is -2.30. The van der Waals surface area contributed by atoms with Gasteiger partial charge < -0.3 is 19.5 Å². The van der Waals surface area contributed by atoms with Crippen LogP contribution in [0.25, 0.3) is 0 Å². The molecule has 3 aromatic rings.